The van der Waals surface area contributed by atoms with Crippen LogP contribution in [0.5, 0.6) is 0 Å². The summed E-state index contributed by atoms with van der Waals surface area (Å²) in [5.41, 5.74) is 1.46. The van der Waals surface area contributed by atoms with E-state index in [1.807, 2.05) is 11.3 Å². The van der Waals surface area contributed by atoms with E-state index in [9.17, 15) is 4.79 Å². The highest BCUT2D eigenvalue weighted by Crippen LogP contribution is 2.40. The zero-order valence-electron chi connectivity index (χ0n) is 16.0. The summed E-state index contributed by atoms with van der Waals surface area (Å²) >= 11 is 1.83. The van der Waals surface area contributed by atoms with Gasteiger partial charge < -0.3 is 15.0 Å². The van der Waals surface area contributed by atoms with Gasteiger partial charge in [0.1, 0.15) is 17.0 Å². The predicted molar refractivity (Wildman–Crippen MR) is 108 cm³/mol. The lowest BCUT2D eigenvalue weighted by Crippen LogP contribution is -2.43. The van der Waals surface area contributed by atoms with Crippen LogP contribution >= 0.6 is 11.3 Å². The van der Waals surface area contributed by atoms with E-state index < -0.39 is 0 Å². The summed E-state index contributed by atoms with van der Waals surface area (Å²) in [6.45, 7) is 3.06. The third-order valence-electron chi connectivity index (χ3n) is 5.65. The number of piperidine rings is 1. The number of hydrogen-bond acceptors (Lipinski definition) is 6. The zero-order valence-corrected chi connectivity index (χ0v) is 16.8. The van der Waals surface area contributed by atoms with Crippen LogP contribution in [0.15, 0.2) is 6.33 Å². The van der Waals surface area contributed by atoms with Crippen LogP contribution < -0.4 is 10.2 Å². The van der Waals surface area contributed by atoms with E-state index in [0.717, 1.165) is 49.4 Å². The number of amides is 1. The molecule has 2 aromatic rings. The fourth-order valence-electron chi connectivity index (χ4n) is 4.27. The number of aromatic nitrogens is 2. The Bertz CT molecular complexity index is 807. The lowest BCUT2D eigenvalue weighted by Gasteiger charge is -2.33. The van der Waals surface area contributed by atoms with Crippen LogP contribution in [0.2, 0.25) is 0 Å². The lowest BCUT2D eigenvalue weighted by molar-refractivity contribution is -0.125. The molecule has 1 fully saturated rings. The second-order valence-electron chi connectivity index (χ2n) is 7.51. The molecular weight excluding hydrogens is 360 g/mol. The number of hydrogen-bond donors (Lipinski definition) is 1. The molecule has 3 heterocycles. The van der Waals surface area contributed by atoms with Gasteiger partial charge in [0.2, 0.25) is 5.91 Å². The second-order valence-corrected chi connectivity index (χ2v) is 8.59. The summed E-state index contributed by atoms with van der Waals surface area (Å²) in [4.78, 5) is 26.7. The molecule has 27 heavy (non-hydrogen) atoms. The summed E-state index contributed by atoms with van der Waals surface area (Å²) in [7, 11) is 1.69. The average molecular weight is 389 g/mol. The largest absolute Gasteiger partial charge is 0.385 e. The minimum Gasteiger partial charge on any atom is -0.385 e. The number of methoxy groups -OCH3 is 1. The highest BCUT2D eigenvalue weighted by molar-refractivity contribution is 7.19. The van der Waals surface area contributed by atoms with Crippen molar-refractivity contribution in [2.24, 2.45) is 5.92 Å². The highest BCUT2D eigenvalue weighted by atomic mass is 32.1. The maximum atomic E-state index is 12.6. The molecular formula is C20H28N4O2S. The highest BCUT2D eigenvalue weighted by Gasteiger charge is 2.29. The molecule has 0 saturated carbocycles. The van der Waals surface area contributed by atoms with Crippen molar-refractivity contribution in [2.75, 3.05) is 38.3 Å². The molecule has 146 valence electrons. The Morgan fingerprint density at radius 3 is 3.11 bits per heavy atom. The number of anilines is 1. The van der Waals surface area contributed by atoms with Crippen molar-refractivity contribution in [3.05, 3.63) is 16.8 Å². The van der Waals surface area contributed by atoms with Gasteiger partial charge in [0.15, 0.2) is 0 Å². The summed E-state index contributed by atoms with van der Waals surface area (Å²) in [5.74, 6) is 1.23. The summed E-state index contributed by atoms with van der Waals surface area (Å²) in [6.07, 6.45) is 9.34. The topological polar surface area (TPSA) is 67.3 Å². The van der Waals surface area contributed by atoms with Gasteiger partial charge in [0, 0.05) is 38.2 Å². The van der Waals surface area contributed by atoms with Crippen molar-refractivity contribution in [2.45, 2.75) is 44.9 Å². The van der Waals surface area contributed by atoms with E-state index in [2.05, 4.69) is 20.2 Å². The Hall–Kier alpha value is -1.73. The van der Waals surface area contributed by atoms with Crippen molar-refractivity contribution >= 4 is 33.3 Å². The minimum absolute atomic E-state index is 0.0285. The third kappa shape index (κ3) is 3.94. The number of thiophene rings is 1. The smallest absolute Gasteiger partial charge is 0.224 e. The van der Waals surface area contributed by atoms with Gasteiger partial charge in [0.05, 0.1) is 11.3 Å². The number of carbonyl (C=O) groups is 1. The van der Waals surface area contributed by atoms with Gasteiger partial charge in [-0.1, -0.05) is 0 Å². The number of nitrogens with one attached hydrogen (secondary N) is 1. The Balaban J connectivity index is 1.51. The van der Waals surface area contributed by atoms with Gasteiger partial charge in [-0.15, -0.1) is 11.3 Å². The monoisotopic (exact) mass is 388 g/mol. The van der Waals surface area contributed by atoms with Crippen LogP contribution in [0, 0.1) is 5.92 Å². The molecule has 1 N–H and O–H groups in total. The summed E-state index contributed by atoms with van der Waals surface area (Å²) in [6, 6.07) is 0. The number of carbonyl (C=O) groups excluding carboxylic acids is 1. The van der Waals surface area contributed by atoms with Crippen LogP contribution in [-0.4, -0.2) is 49.2 Å². The summed E-state index contributed by atoms with van der Waals surface area (Å²) < 4.78 is 5.05. The van der Waals surface area contributed by atoms with Gasteiger partial charge >= 0.3 is 0 Å². The van der Waals surface area contributed by atoms with E-state index >= 15 is 0 Å². The average Bonchev–Trinajstić information content (AvgIpc) is 3.10. The molecule has 1 aliphatic heterocycles. The van der Waals surface area contributed by atoms with Crippen molar-refractivity contribution in [3.63, 3.8) is 0 Å². The fraction of sp³-hybridized carbons (Fsp3) is 0.650. The number of rotatable bonds is 6. The molecule has 1 saturated heterocycles. The number of ether oxygens (including phenoxy) is 1. The molecule has 0 aromatic carbocycles. The Kier molecular flexibility index (Phi) is 5.88. The Morgan fingerprint density at radius 2 is 2.22 bits per heavy atom. The standard InChI is InChI=1S/C20H28N4O2S/c1-26-11-5-9-21-19(25)14-6-4-10-24(12-14)18-17-15-7-2-3-8-16(15)27-20(17)23-13-22-18/h13-14H,2-12H2,1H3,(H,21,25)/t14-/m0/s1. The molecule has 7 heteroatoms. The third-order valence-corrected chi connectivity index (χ3v) is 6.85. The Labute approximate surface area is 164 Å². The summed E-state index contributed by atoms with van der Waals surface area (Å²) in [5, 5.41) is 4.31. The van der Waals surface area contributed by atoms with Gasteiger partial charge in [-0.2, -0.15) is 0 Å². The maximum absolute atomic E-state index is 12.6. The first-order valence-electron chi connectivity index (χ1n) is 10.0. The maximum Gasteiger partial charge on any atom is 0.224 e. The molecule has 0 radical (unpaired) electrons. The first-order chi connectivity index (χ1) is 13.3. The minimum atomic E-state index is 0.0285. The quantitative estimate of drug-likeness (QED) is 0.771. The molecule has 2 aromatic heterocycles. The van der Waals surface area contributed by atoms with E-state index in [0.29, 0.717) is 13.2 Å². The molecule has 0 spiro atoms. The molecule has 4 rings (SSSR count). The van der Waals surface area contributed by atoms with Crippen molar-refractivity contribution < 1.29 is 9.53 Å². The van der Waals surface area contributed by atoms with E-state index in [1.165, 1.54) is 35.1 Å². The van der Waals surface area contributed by atoms with Crippen LogP contribution in [0.4, 0.5) is 5.82 Å². The molecule has 1 atom stereocenters. The zero-order chi connectivity index (χ0) is 18.6. The van der Waals surface area contributed by atoms with Gasteiger partial charge in [-0.3, -0.25) is 4.79 Å². The molecule has 1 aliphatic carbocycles. The first-order valence-corrected chi connectivity index (χ1v) is 10.9. The van der Waals surface area contributed by atoms with Crippen LogP contribution in [-0.2, 0) is 22.4 Å². The predicted octanol–water partition coefficient (Wildman–Crippen LogP) is 2.94. The van der Waals surface area contributed by atoms with E-state index in [4.69, 9.17) is 4.74 Å². The van der Waals surface area contributed by atoms with E-state index in [-0.39, 0.29) is 11.8 Å². The van der Waals surface area contributed by atoms with Crippen LogP contribution in [0.1, 0.15) is 42.5 Å². The number of fused-ring (bicyclic) bond motifs is 3. The van der Waals surface area contributed by atoms with Gasteiger partial charge in [-0.05, 0) is 50.5 Å². The van der Waals surface area contributed by atoms with Crippen molar-refractivity contribution in [3.8, 4) is 0 Å². The molecule has 0 bridgehead atoms. The number of aryl methyl sites for hydroxylation is 2. The van der Waals surface area contributed by atoms with Crippen molar-refractivity contribution in [1.82, 2.24) is 15.3 Å². The Morgan fingerprint density at radius 1 is 1.33 bits per heavy atom. The molecule has 0 unspecified atom stereocenters. The normalized spacial score (nSPS) is 19.9. The lowest BCUT2D eigenvalue weighted by atomic mass is 9.95. The molecule has 1 amide bonds. The van der Waals surface area contributed by atoms with Crippen LogP contribution in [0.3, 0.4) is 0 Å². The van der Waals surface area contributed by atoms with Gasteiger partial charge in [0.25, 0.3) is 0 Å². The molecule has 2 aliphatic rings. The van der Waals surface area contributed by atoms with Crippen molar-refractivity contribution in [1.29, 1.82) is 0 Å². The SMILES string of the molecule is COCCCNC(=O)[C@H]1CCCN(c2ncnc3sc4c(c23)CCCC4)C1. The number of nitrogens with zero attached hydrogens (tertiary/aromatic N) is 3. The van der Waals surface area contributed by atoms with E-state index in [1.54, 1.807) is 13.4 Å². The van der Waals surface area contributed by atoms with Crippen LogP contribution in [0.25, 0.3) is 10.2 Å². The first kappa shape index (κ1) is 18.6. The fourth-order valence-corrected chi connectivity index (χ4v) is 5.49. The van der Waals surface area contributed by atoms with Gasteiger partial charge in [-0.25, -0.2) is 9.97 Å². The molecule has 6 nitrogen and oxygen atoms in total. The second kappa shape index (κ2) is 8.52.